The molecule has 0 bridgehead atoms. The number of aryl methyl sites for hydroxylation is 1. The number of aromatic nitrogens is 1. The first-order valence-electron chi connectivity index (χ1n) is 13.1. The van der Waals surface area contributed by atoms with Gasteiger partial charge in [-0.3, -0.25) is 9.78 Å². The monoisotopic (exact) mass is 539 g/mol. The number of hydrogen-bond acceptors (Lipinski definition) is 4. The number of benzene rings is 3. The maximum absolute atomic E-state index is 13.9. The van der Waals surface area contributed by atoms with Gasteiger partial charge in [0.25, 0.3) is 5.91 Å². The van der Waals surface area contributed by atoms with Gasteiger partial charge in [-0.25, -0.2) is 8.78 Å². The summed E-state index contributed by atoms with van der Waals surface area (Å²) in [5.74, 6) is 4.10. The zero-order valence-corrected chi connectivity index (χ0v) is 22.2. The van der Waals surface area contributed by atoms with Gasteiger partial charge >= 0.3 is 0 Å². The maximum atomic E-state index is 13.9. The number of pyridine rings is 1. The summed E-state index contributed by atoms with van der Waals surface area (Å²) in [7, 11) is 0. The van der Waals surface area contributed by atoms with Crippen LogP contribution < -0.4 is 10.6 Å². The number of carbonyl (C=O) groups excluding carboxylic acids is 1. The van der Waals surface area contributed by atoms with Crippen LogP contribution in [0.1, 0.15) is 45.1 Å². The summed E-state index contributed by atoms with van der Waals surface area (Å²) >= 11 is 0. The Bertz CT molecular complexity index is 1480. The summed E-state index contributed by atoms with van der Waals surface area (Å²) < 4.78 is 27.8. The van der Waals surface area contributed by atoms with Gasteiger partial charge in [-0.05, 0) is 59.9 Å². The fourth-order valence-electron chi connectivity index (χ4n) is 4.28. The van der Waals surface area contributed by atoms with Gasteiger partial charge in [-0.15, -0.1) is 0 Å². The molecular formula is C33H31F2N3O2. The Morgan fingerprint density at radius 1 is 0.875 bits per heavy atom. The van der Waals surface area contributed by atoms with Crippen LogP contribution in [0.3, 0.4) is 0 Å². The number of aliphatic hydroxyl groups is 1. The van der Waals surface area contributed by atoms with Gasteiger partial charge in [-0.2, -0.15) is 0 Å². The van der Waals surface area contributed by atoms with E-state index < -0.39 is 29.7 Å². The third-order valence-corrected chi connectivity index (χ3v) is 6.37. The molecule has 40 heavy (non-hydrogen) atoms. The Kier molecular flexibility index (Phi) is 10.1. The van der Waals surface area contributed by atoms with Gasteiger partial charge in [0.15, 0.2) is 0 Å². The average molecular weight is 540 g/mol. The van der Waals surface area contributed by atoms with Crippen molar-refractivity contribution in [2.45, 2.75) is 38.5 Å². The van der Waals surface area contributed by atoms with Crippen molar-refractivity contribution in [1.29, 1.82) is 0 Å². The molecule has 0 radical (unpaired) electrons. The molecule has 0 spiro atoms. The van der Waals surface area contributed by atoms with Crippen molar-refractivity contribution in [2.75, 3.05) is 6.54 Å². The van der Waals surface area contributed by atoms with Crippen molar-refractivity contribution < 1.29 is 18.7 Å². The van der Waals surface area contributed by atoms with Gasteiger partial charge < -0.3 is 15.7 Å². The fraction of sp³-hybridized carbons (Fsp3) is 0.212. The minimum Gasteiger partial charge on any atom is -0.390 e. The van der Waals surface area contributed by atoms with Crippen LogP contribution in [0.25, 0.3) is 0 Å². The highest BCUT2D eigenvalue weighted by atomic mass is 19.1. The number of rotatable bonds is 10. The number of halogens is 2. The van der Waals surface area contributed by atoms with Gasteiger partial charge in [0.1, 0.15) is 11.6 Å². The van der Waals surface area contributed by atoms with E-state index in [4.69, 9.17) is 0 Å². The van der Waals surface area contributed by atoms with Crippen LogP contribution >= 0.6 is 0 Å². The zero-order chi connectivity index (χ0) is 28.3. The maximum Gasteiger partial charge on any atom is 0.253 e. The molecule has 1 heterocycles. The first kappa shape index (κ1) is 28.6. The number of amides is 1. The molecule has 0 saturated heterocycles. The van der Waals surface area contributed by atoms with E-state index in [1.54, 1.807) is 12.3 Å². The normalized spacial score (nSPS) is 12.2. The van der Waals surface area contributed by atoms with E-state index in [9.17, 15) is 18.7 Å². The van der Waals surface area contributed by atoms with Gasteiger partial charge in [-0.1, -0.05) is 61.2 Å². The molecule has 5 nitrogen and oxygen atoms in total. The van der Waals surface area contributed by atoms with Crippen molar-refractivity contribution >= 4 is 5.91 Å². The molecule has 0 saturated carbocycles. The van der Waals surface area contributed by atoms with Crippen molar-refractivity contribution in [2.24, 2.45) is 0 Å². The van der Waals surface area contributed by atoms with E-state index >= 15 is 0 Å². The predicted octanol–water partition coefficient (Wildman–Crippen LogP) is 4.81. The van der Waals surface area contributed by atoms with Crippen molar-refractivity contribution in [1.82, 2.24) is 15.6 Å². The zero-order valence-electron chi connectivity index (χ0n) is 22.2. The van der Waals surface area contributed by atoms with Gasteiger partial charge in [0.05, 0.1) is 17.7 Å². The van der Waals surface area contributed by atoms with Gasteiger partial charge in [0.2, 0.25) is 0 Å². The second-order valence-corrected chi connectivity index (χ2v) is 9.51. The largest absolute Gasteiger partial charge is 0.390 e. The van der Waals surface area contributed by atoms with Crippen LogP contribution in [0.2, 0.25) is 0 Å². The Hall–Kier alpha value is -4.38. The second kappa shape index (κ2) is 14.1. The van der Waals surface area contributed by atoms with E-state index in [0.717, 1.165) is 23.6 Å². The number of hydrogen-bond donors (Lipinski definition) is 3. The smallest absolute Gasteiger partial charge is 0.253 e. The van der Waals surface area contributed by atoms with E-state index in [2.05, 4.69) is 46.5 Å². The molecule has 0 aliphatic carbocycles. The number of nitrogens with one attached hydrogen (secondary N) is 2. The van der Waals surface area contributed by atoms with Crippen LogP contribution in [0, 0.1) is 23.5 Å². The Morgan fingerprint density at radius 2 is 1.60 bits per heavy atom. The third-order valence-electron chi connectivity index (χ3n) is 6.37. The molecule has 2 atom stereocenters. The fourth-order valence-corrected chi connectivity index (χ4v) is 4.28. The molecule has 0 fully saturated rings. The van der Waals surface area contributed by atoms with Crippen LogP contribution in [-0.2, 0) is 19.4 Å². The summed E-state index contributed by atoms with van der Waals surface area (Å²) in [4.78, 5) is 17.3. The summed E-state index contributed by atoms with van der Waals surface area (Å²) in [5, 5.41) is 17.1. The van der Waals surface area contributed by atoms with Crippen LogP contribution in [-0.4, -0.2) is 34.7 Å². The molecule has 7 heteroatoms. The quantitative estimate of drug-likeness (QED) is 0.253. The highest BCUT2D eigenvalue weighted by Gasteiger charge is 2.23. The van der Waals surface area contributed by atoms with Crippen molar-refractivity contribution in [3.05, 3.63) is 136 Å². The van der Waals surface area contributed by atoms with Gasteiger partial charge in [0, 0.05) is 42.7 Å². The van der Waals surface area contributed by atoms with E-state index in [1.165, 1.54) is 23.9 Å². The molecule has 4 rings (SSSR count). The SMILES string of the molecule is CCc1cccc(CNCC(O)C(Cc2cc(F)cc(F)c2)NC(=O)c2cncc(C#Cc3ccccc3)c2)c1. The first-order chi connectivity index (χ1) is 19.4. The number of nitrogens with zero attached hydrogens (tertiary/aromatic N) is 1. The molecular weight excluding hydrogens is 508 g/mol. The summed E-state index contributed by atoms with van der Waals surface area (Å²) in [5.41, 5.74) is 4.24. The molecule has 4 aromatic rings. The molecule has 3 N–H and O–H groups in total. The van der Waals surface area contributed by atoms with Crippen LogP contribution in [0.4, 0.5) is 8.78 Å². The van der Waals surface area contributed by atoms with Crippen LogP contribution in [0.15, 0.2) is 91.3 Å². The van der Waals surface area contributed by atoms with E-state index in [-0.39, 0.29) is 18.5 Å². The summed E-state index contributed by atoms with van der Waals surface area (Å²) in [6, 6.07) is 21.5. The lowest BCUT2D eigenvalue weighted by molar-refractivity contribution is 0.0829. The molecule has 1 amide bonds. The summed E-state index contributed by atoms with van der Waals surface area (Å²) in [6.07, 6.45) is 2.87. The minimum atomic E-state index is -1.04. The summed E-state index contributed by atoms with van der Waals surface area (Å²) in [6.45, 7) is 2.76. The molecule has 0 aliphatic rings. The van der Waals surface area contributed by atoms with E-state index in [1.807, 2.05) is 42.5 Å². The molecule has 0 aliphatic heterocycles. The minimum absolute atomic E-state index is 0.0233. The number of aliphatic hydroxyl groups excluding tert-OH is 1. The highest BCUT2D eigenvalue weighted by Crippen LogP contribution is 2.13. The lowest BCUT2D eigenvalue weighted by Gasteiger charge is -2.25. The Labute approximate surface area is 233 Å². The predicted molar refractivity (Wildman–Crippen MR) is 152 cm³/mol. The molecule has 2 unspecified atom stereocenters. The molecule has 3 aromatic carbocycles. The van der Waals surface area contributed by atoms with Crippen molar-refractivity contribution in [3.8, 4) is 11.8 Å². The lowest BCUT2D eigenvalue weighted by atomic mass is 10.00. The Morgan fingerprint density at radius 3 is 2.35 bits per heavy atom. The standard InChI is InChI=1S/C33H31F2N3O2/c1-2-23-9-6-10-25(13-23)19-37-22-32(39)31(17-27-15-29(34)18-30(35)16-27)38-33(40)28-14-26(20-36-21-28)12-11-24-7-4-3-5-8-24/h3-10,13-16,18,20-21,31-32,37,39H,2,17,19,22H2,1H3,(H,38,40). The van der Waals surface area contributed by atoms with Crippen LogP contribution in [0.5, 0.6) is 0 Å². The highest BCUT2D eigenvalue weighted by molar-refractivity contribution is 5.94. The second-order valence-electron chi connectivity index (χ2n) is 9.51. The average Bonchev–Trinajstić information content (AvgIpc) is 2.96. The molecule has 204 valence electrons. The Balaban J connectivity index is 1.47. The molecule has 1 aromatic heterocycles. The topological polar surface area (TPSA) is 74.2 Å². The third kappa shape index (κ3) is 8.57. The first-order valence-corrected chi connectivity index (χ1v) is 13.1. The van der Waals surface area contributed by atoms with Crippen molar-refractivity contribution in [3.63, 3.8) is 0 Å². The lowest BCUT2D eigenvalue weighted by Crippen LogP contribution is -2.48. The van der Waals surface area contributed by atoms with E-state index in [0.29, 0.717) is 17.7 Å². The number of carbonyl (C=O) groups is 1.